The van der Waals surface area contributed by atoms with E-state index in [9.17, 15) is 13.2 Å². The molecule has 0 aromatic heterocycles. The van der Waals surface area contributed by atoms with Gasteiger partial charge in [0.15, 0.2) is 0 Å². The van der Waals surface area contributed by atoms with Crippen LogP contribution in [0.25, 0.3) is 0 Å². The number of hydrogen-bond donors (Lipinski definition) is 1. The van der Waals surface area contributed by atoms with E-state index < -0.39 is 16.0 Å². The molecular formula is C10H13NO4S. The van der Waals surface area contributed by atoms with Crippen molar-refractivity contribution in [2.75, 3.05) is 18.1 Å². The molecule has 0 amide bonds. The molecule has 1 aromatic carbocycles. The second-order valence-electron chi connectivity index (χ2n) is 3.40. The normalized spacial score (nSPS) is 10.9. The van der Waals surface area contributed by atoms with Crippen molar-refractivity contribution >= 4 is 21.7 Å². The Morgan fingerprint density at radius 2 is 2.00 bits per heavy atom. The molecule has 0 heterocycles. The maximum absolute atomic E-state index is 11.4. The van der Waals surface area contributed by atoms with Crippen LogP contribution in [0.3, 0.4) is 0 Å². The highest BCUT2D eigenvalue weighted by Gasteiger charge is 2.11. The number of methoxy groups -OCH3 is 1. The van der Waals surface area contributed by atoms with Crippen LogP contribution in [-0.2, 0) is 14.8 Å². The number of sulfonamides is 1. The third-order valence-electron chi connectivity index (χ3n) is 1.95. The molecule has 0 radical (unpaired) electrons. The lowest BCUT2D eigenvalue weighted by Gasteiger charge is -2.08. The fourth-order valence-electron chi connectivity index (χ4n) is 1.23. The molecule has 0 aliphatic rings. The molecule has 0 aliphatic carbocycles. The van der Waals surface area contributed by atoms with Crippen LogP contribution >= 0.6 is 0 Å². The van der Waals surface area contributed by atoms with Crippen molar-refractivity contribution in [2.45, 2.75) is 6.92 Å². The third kappa shape index (κ3) is 3.23. The average Bonchev–Trinajstić information content (AvgIpc) is 2.18. The molecule has 0 bridgehead atoms. The van der Waals surface area contributed by atoms with Crippen molar-refractivity contribution in [3.8, 4) is 0 Å². The van der Waals surface area contributed by atoms with E-state index in [2.05, 4.69) is 9.46 Å². The lowest BCUT2D eigenvalue weighted by Crippen LogP contribution is -2.11. The number of ether oxygens (including phenoxy) is 1. The molecule has 5 nitrogen and oxygen atoms in total. The Morgan fingerprint density at radius 3 is 2.50 bits per heavy atom. The minimum Gasteiger partial charge on any atom is -0.465 e. The second-order valence-corrected chi connectivity index (χ2v) is 5.14. The van der Waals surface area contributed by atoms with Gasteiger partial charge < -0.3 is 4.74 Å². The second kappa shape index (κ2) is 4.52. The van der Waals surface area contributed by atoms with Gasteiger partial charge in [0.1, 0.15) is 0 Å². The molecule has 1 aromatic rings. The number of carbonyl (C=O) groups excluding carboxylic acids is 1. The van der Waals surface area contributed by atoms with Gasteiger partial charge in [0.25, 0.3) is 0 Å². The van der Waals surface area contributed by atoms with E-state index in [1.807, 2.05) is 0 Å². The highest BCUT2D eigenvalue weighted by atomic mass is 32.2. The maximum Gasteiger partial charge on any atom is 0.338 e. The number of esters is 1. The molecule has 88 valence electrons. The highest BCUT2D eigenvalue weighted by Crippen LogP contribution is 2.16. The summed E-state index contributed by atoms with van der Waals surface area (Å²) in [5.74, 6) is -0.491. The first-order chi connectivity index (χ1) is 7.33. The van der Waals surface area contributed by atoms with Crippen molar-refractivity contribution in [3.05, 3.63) is 29.3 Å². The van der Waals surface area contributed by atoms with Crippen LogP contribution in [0.5, 0.6) is 0 Å². The first kappa shape index (κ1) is 12.5. The lowest BCUT2D eigenvalue weighted by molar-refractivity contribution is 0.0600. The number of carbonyl (C=O) groups is 1. The zero-order chi connectivity index (χ0) is 12.3. The quantitative estimate of drug-likeness (QED) is 0.808. The molecule has 0 saturated heterocycles. The van der Waals surface area contributed by atoms with Crippen molar-refractivity contribution in [1.82, 2.24) is 0 Å². The topological polar surface area (TPSA) is 72.5 Å². The number of rotatable bonds is 3. The van der Waals surface area contributed by atoms with Gasteiger partial charge in [0.2, 0.25) is 10.0 Å². The summed E-state index contributed by atoms with van der Waals surface area (Å²) < 4.78 is 28.9. The van der Waals surface area contributed by atoms with Crippen LogP contribution in [-0.4, -0.2) is 27.8 Å². The van der Waals surface area contributed by atoms with Gasteiger partial charge in [-0.1, -0.05) is 6.07 Å². The molecule has 1 N–H and O–H groups in total. The largest absolute Gasteiger partial charge is 0.465 e. The van der Waals surface area contributed by atoms with E-state index in [0.717, 1.165) is 11.8 Å². The summed E-state index contributed by atoms with van der Waals surface area (Å²) in [6.45, 7) is 1.75. The van der Waals surface area contributed by atoms with Crippen molar-refractivity contribution < 1.29 is 17.9 Å². The SMILES string of the molecule is COC(=O)c1cc(NS(C)(=O)=O)ccc1C. The van der Waals surface area contributed by atoms with Gasteiger partial charge in [-0.25, -0.2) is 13.2 Å². The molecule has 6 heteroatoms. The molecule has 0 aliphatic heterocycles. The summed E-state index contributed by atoms with van der Waals surface area (Å²) in [6.07, 6.45) is 1.05. The van der Waals surface area contributed by atoms with E-state index in [0.29, 0.717) is 11.3 Å². The molecule has 0 saturated carbocycles. The minimum absolute atomic E-state index is 0.341. The van der Waals surface area contributed by atoms with Crippen molar-refractivity contribution in [3.63, 3.8) is 0 Å². The minimum atomic E-state index is -3.34. The van der Waals surface area contributed by atoms with E-state index >= 15 is 0 Å². The summed E-state index contributed by atoms with van der Waals surface area (Å²) in [7, 11) is -2.07. The van der Waals surface area contributed by atoms with Gasteiger partial charge in [-0.15, -0.1) is 0 Å². The Morgan fingerprint density at radius 1 is 1.38 bits per heavy atom. The summed E-state index contributed by atoms with van der Waals surface area (Å²) in [4.78, 5) is 11.4. The smallest absolute Gasteiger partial charge is 0.338 e. The monoisotopic (exact) mass is 243 g/mol. The van der Waals surface area contributed by atoms with Gasteiger partial charge in [-0.3, -0.25) is 4.72 Å². The molecule has 16 heavy (non-hydrogen) atoms. The number of nitrogens with one attached hydrogen (secondary N) is 1. The van der Waals surface area contributed by atoms with Crippen molar-refractivity contribution in [2.24, 2.45) is 0 Å². The summed E-state index contributed by atoms with van der Waals surface area (Å²) in [6, 6.07) is 4.69. The van der Waals surface area contributed by atoms with E-state index in [-0.39, 0.29) is 0 Å². The zero-order valence-corrected chi connectivity index (χ0v) is 10.1. The number of hydrogen-bond acceptors (Lipinski definition) is 4. The maximum atomic E-state index is 11.4. The Labute approximate surface area is 94.5 Å². The summed E-state index contributed by atoms with van der Waals surface area (Å²) >= 11 is 0. The zero-order valence-electron chi connectivity index (χ0n) is 9.27. The molecule has 0 atom stereocenters. The molecular weight excluding hydrogens is 230 g/mol. The van der Waals surface area contributed by atoms with Crippen LogP contribution in [0.4, 0.5) is 5.69 Å². The number of anilines is 1. The predicted octanol–water partition coefficient (Wildman–Crippen LogP) is 1.15. The molecule has 0 fully saturated rings. The fraction of sp³-hybridized carbons (Fsp3) is 0.300. The van der Waals surface area contributed by atoms with Crippen molar-refractivity contribution in [1.29, 1.82) is 0 Å². The molecule has 0 unspecified atom stereocenters. The van der Waals surface area contributed by atoms with Gasteiger partial charge in [0.05, 0.1) is 18.9 Å². The Hall–Kier alpha value is -1.56. The Kier molecular flexibility index (Phi) is 3.54. The van der Waals surface area contributed by atoms with Crippen LogP contribution in [0, 0.1) is 6.92 Å². The van der Waals surface area contributed by atoms with Crippen LogP contribution in [0.1, 0.15) is 15.9 Å². The fourth-order valence-corrected chi connectivity index (χ4v) is 1.78. The van der Waals surface area contributed by atoms with Crippen LogP contribution in [0.15, 0.2) is 18.2 Å². The Balaban J connectivity index is 3.12. The third-order valence-corrected chi connectivity index (χ3v) is 2.55. The van der Waals surface area contributed by atoms with E-state index in [1.165, 1.54) is 13.2 Å². The van der Waals surface area contributed by atoms with E-state index in [4.69, 9.17) is 0 Å². The van der Waals surface area contributed by atoms with Crippen LogP contribution < -0.4 is 4.72 Å². The van der Waals surface area contributed by atoms with Gasteiger partial charge in [-0.05, 0) is 24.6 Å². The first-order valence-electron chi connectivity index (χ1n) is 4.50. The number of benzene rings is 1. The standard InChI is InChI=1S/C10H13NO4S/c1-7-4-5-8(11-16(3,13)14)6-9(7)10(12)15-2/h4-6,11H,1-3H3. The molecule has 0 spiro atoms. The van der Waals surface area contributed by atoms with Gasteiger partial charge >= 0.3 is 5.97 Å². The van der Waals surface area contributed by atoms with Crippen LogP contribution in [0.2, 0.25) is 0 Å². The summed E-state index contributed by atoms with van der Waals surface area (Å²) in [5, 5.41) is 0. The summed E-state index contributed by atoms with van der Waals surface area (Å²) in [5.41, 5.74) is 1.41. The first-order valence-corrected chi connectivity index (χ1v) is 6.39. The average molecular weight is 243 g/mol. The van der Waals surface area contributed by atoms with Gasteiger partial charge in [-0.2, -0.15) is 0 Å². The molecule has 1 rings (SSSR count). The van der Waals surface area contributed by atoms with Gasteiger partial charge in [0, 0.05) is 5.69 Å². The lowest BCUT2D eigenvalue weighted by atomic mass is 10.1. The number of aryl methyl sites for hydroxylation is 1. The predicted molar refractivity (Wildman–Crippen MR) is 61.0 cm³/mol. The Bertz CT molecular complexity index is 508. The van der Waals surface area contributed by atoms with E-state index in [1.54, 1.807) is 19.1 Å². The highest BCUT2D eigenvalue weighted by molar-refractivity contribution is 7.92.